The maximum atomic E-state index is 11.9. The van der Waals surface area contributed by atoms with Gasteiger partial charge in [-0.3, -0.25) is 4.79 Å². The summed E-state index contributed by atoms with van der Waals surface area (Å²) in [4.78, 5) is 11.9. The third-order valence-corrected chi connectivity index (χ3v) is 3.57. The van der Waals surface area contributed by atoms with Gasteiger partial charge in [-0.15, -0.1) is 12.4 Å². The van der Waals surface area contributed by atoms with Gasteiger partial charge in [-0.05, 0) is 43.1 Å². The molecular weight excluding hydrogens is 292 g/mol. The summed E-state index contributed by atoms with van der Waals surface area (Å²) in [5.41, 5.74) is 1.00. The van der Waals surface area contributed by atoms with Crippen LogP contribution in [0.3, 0.4) is 0 Å². The van der Waals surface area contributed by atoms with Crippen molar-refractivity contribution in [2.45, 2.75) is 19.4 Å². The first-order valence-corrected chi connectivity index (χ1v) is 6.91. The molecule has 2 N–H and O–H groups in total. The molecule has 0 saturated carbocycles. The highest BCUT2D eigenvalue weighted by molar-refractivity contribution is 5.85. The molecule has 0 radical (unpaired) electrons. The number of carbonyl (C=O) groups is 1. The number of carbonyl (C=O) groups excluding carboxylic acids is 1. The molecule has 0 spiro atoms. The Morgan fingerprint density at radius 3 is 2.71 bits per heavy atom. The molecule has 1 aromatic rings. The van der Waals surface area contributed by atoms with E-state index >= 15 is 0 Å². The third-order valence-electron chi connectivity index (χ3n) is 3.57. The summed E-state index contributed by atoms with van der Waals surface area (Å²) in [7, 11) is 3.21. The average Bonchev–Trinajstić information content (AvgIpc) is 2.97. The van der Waals surface area contributed by atoms with Gasteiger partial charge in [-0.25, -0.2) is 0 Å². The normalized spacial score (nSPS) is 17.0. The van der Waals surface area contributed by atoms with Gasteiger partial charge in [-0.2, -0.15) is 0 Å². The van der Waals surface area contributed by atoms with Crippen molar-refractivity contribution in [3.63, 3.8) is 0 Å². The van der Waals surface area contributed by atoms with Gasteiger partial charge in [0.25, 0.3) is 0 Å². The second kappa shape index (κ2) is 8.74. The van der Waals surface area contributed by atoms with Crippen molar-refractivity contribution in [2.24, 2.45) is 5.92 Å². The van der Waals surface area contributed by atoms with Crippen LogP contribution < -0.4 is 20.1 Å². The quantitative estimate of drug-likeness (QED) is 0.840. The molecule has 1 amide bonds. The molecule has 1 unspecified atom stereocenters. The molecule has 2 rings (SSSR count). The van der Waals surface area contributed by atoms with Crippen molar-refractivity contribution in [3.8, 4) is 11.5 Å². The molecule has 1 fully saturated rings. The van der Waals surface area contributed by atoms with Crippen LogP contribution in [0.15, 0.2) is 18.2 Å². The van der Waals surface area contributed by atoms with Gasteiger partial charge in [-0.1, -0.05) is 6.07 Å². The highest BCUT2D eigenvalue weighted by Crippen LogP contribution is 2.27. The molecule has 5 nitrogen and oxygen atoms in total. The highest BCUT2D eigenvalue weighted by atomic mass is 35.5. The van der Waals surface area contributed by atoms with E-state index in [1.165, 1.54) is 0 Å². The van der Waals surface area contributed by atoms with Gasteiger partial charge in [0.1, 0.15) is 0 Å². The zero-order valence-corrected chi connectivity index (χ0v) is 13.3. The summed E-state index contributed by atoms with van der Waals surface area (Å²) in [6.07, 6.45) is 1.68. The van der Waals surface area contributed by atoms with Crippen molar-refractivity contribution >= 4 is 18.3 Å². The topological polar surface area (TPSA) is 59.6 Å². The second-order valence-corrected chi connectivity index (χ2v) is 5.03. The predicted octanol–water partition coefficient (Wildman–Crippen LogP) is 1.74. The Morgan fingerprint density at radius 1 is 1.33 bits per heavy atom. The van der Waals surface area contributed by atoms with E-state index in [2.05, 4.69) is 10.6 Å². The Hall–Kier alpha value is -1.46. The molecule has 1 atom stereocenters. The Bertz CT molecular complexity index is 462. The van der Waals surface area contributed by atoms with Gasteiger partial charge in [0, 0.05) is 13.0 Å². The molecule has 1 heterocycles. The van der Waals surface area contributed by atoms with Gasteiger partial charge < -0.3 is 20.1 Å². The van der Waals surface area contributed by atoms with Crippen molar-refractivity contribution < 1.29 is 14.3 Å². The molecule has 1 aliphatic heterocycles. The van der Waals surface area contributed by atoms with E-state index in [4.69, 9.17) is 9.47 Å². The molecule has 6 heteroatoms. The molecule has 21 heavy (non-hydrogen) atoms. The average molecular weight is 315 g/mol. The van der Waals surface area contributed by atoms with E-state index in [1.807, 2.05) is 18.2 Å². The lowest BCUT2D eigenvalue weighted by molar-refractivity contribution is -0.122. The van der Waals surface area contributed by atoms with Crippen molar-refractivity contribution in [1.29, 1.82) is 0 Å². The predicted molar refractivity (Wildman–Crippen MR) is 84.2 cm³/mol. The van der Waals surface area contributed by atoms with Gasteiger partial charge >= 0.3 is 0 Å². The van der Waals surface area contributed by atoms with Crippen LogP contribution in [0.2, 0.25) is 0 Å². The van der Waals surface area contributed by atoms with Crippen molar-refractivity contribution in [2.75, 3.05) is 27.3 Å². The van der Waals surface area contributed by atoms with Crippen molar-refractivity contribution in [3.05, 3.63) is 23.8 Å². The lowest BCUT2D eigenvalue weighted by Crippen LogP contribution is -2.25. The first-order chi connectivity index (χ1) is 9.72. The minimum Gasteiger partial charge on any atom is -0.493 e. The monoisotopic (exact) mass is 314 g/mol. The summed E-state index contributed by atoms with van der Waals surface area (Å²) >= 11 is 0. The van der Waals surface area contributed by atoms with Crippen LogP contribution in [0.25, 0.3) is 0 Å². The summed E-state index contributed by atoms with van der Waals surface area (Å²) in [6, 6.07) is 5.66. The maximum absolute atomic E-state index is 11.9. The van der Waals surface area contributed by atoms with Crippen LogP contribution in [0.5, 0.6) is 11.5 Å². The van der Waals surface area contributed by atoms with Crippen molar-refractivity contribution in [1.82, 2.24) is 10.6 Å². The first-order valence-electron chi connectivity index (χ1n) is 6.91. The fourth-order valence-corrected chi connectivity index (χ4v) is 2.41. The zero-order chi connectivity index (χ0) is 14.4. The van der Waals surface area contributed by atoms with Gasteiger partial charge in [0.05, 0.1) is 14.2 Å². The third kappa shape index (κ3) is 5.10. The van der Waals surface area contributed by atoms with Crippen LogP contribution in [0.1, 0.15) is 18.4 Å². The fourth-order valence-electron chi connectivity index (χ4n) is 2.41. The number of nitrogens with one attached hydrogen (secondary N) is 2. The standard InChI is InChI=1S/C15H22N2O3.ClH/c1-19-13-4-3-11(7-14(13)20-2)10-17-15(18)8-12-5-6-16-9-12;/h3-4,7,12,16H,5-6,8-10H2,1-2H3,(H,17,18);1H. The molecule has 1 saturated heterocycles. The van der Waals surface area contributed by atoms with Crippen LogP contribution in [0.4, 0.5) is 0 Å². The lowest BCUT2D eigenvalue weighted by atomic mass is 10.0. The number of ether oxygens (including phenoxy) is 2. The molecule has 118 valence electrons. The van der Waals surface area contributed by atoms with Gasteiger partial charge in [0.2, 0.25) is 5.91 Å². The number of benzene rings is 1. The fraction of sp³-hybridized carbons (Fsp3) is 0.533. The summed E-state index contributed by atoms with van der Waals surface area (Å²) in [5.74, 6) is 1.95. The Labute approximate surface area is 131 Å². The minimum absolute atomic E-state index is 0. The summed E-state index contributed by atoms with van der Waals surface area (Å²) < 4.78 is 10.4. The maximum Gasteiger partial charge on any atom is 0.220 e. The number of hydrogen-bond donors (Lipinski definition) is 2. The second-order valence-electron chi connectivity index (χ2n) is 5.03. The molecular formula is C15H23ClN2O3. The van der Waals surface area contributed by atoms with E-state index < -0.39 is 0 Å². The Balaban J connectivity index is 0.00000220. The number of methoxy groups -OCH3 is 2. The van der Waals surface area contributed by atoms with Crippen LogP contribution >= 0.6 is 12.4 Å². The van der Waals surface area contributed by atoms with Crippen LogP contribution in [0, 0.1) is 5.92 Å². The molecule has 0 aromatic heterocycles. The molecule has 0 bridgehead atoms. The Morgan fingerprint density at radius 2 is 2.10 bits per heavy atom. The van der Waals surface area contributed by atoms with E-state index in [1.54, 1.807) is 14.2 Å². The SMILES string of the molecule is COc1ccc(CNC(=O)CC2CCNC2)cc1OC.Cl. The molecule has 1 aliphatic rings. The van der Waals surface area contributed by atoms with Gasteiger partial charge in [0.15, 0.2) is 11.5 Å². The lowest BCUT2D eigenvalue weighted by Gasteiger charge is -2.11. The number of rotatable bonds is 6. The summed E-state index contributed by atoms with van der Waals surface area (Å²) in [5, 5.41) is 6.22. The molecule has 0 aliphatic carbocycles. The van der Waals surface area contributed by atoms with E-state index in [9.17, 15) is 4.79 Å². The highest BCUT2D eigenvalue weighted by Gasteiger charge is 2.17. The largest absolute Gasteiger partial charge is 0.493 e. The minimum atomic E-state index is 0. The number of amides is 1. The summed E-state index contributed by atoms with van der Waals surface area (Å²) in [6.45, 7) is 2.48. The van der Waals surface area contributed by atoms with E-state index in [0.29, 0.717) is 30.4 Å². The van der Waals surface area contributed by atoms with Crippen LogP contribution in [-0.2, 0) is 11.3 Å². The number of halogens is 1. The first kappa shape index (κ1) is 17.6. The van der Waals surface area contributed by atoms with E-state index in [-0.39, 0.29) is 18.3 Å². The van der Waals surface area contributed by atoms with E-state index in [0.717, 1.165) is 25.1 Å². The van der Waals surface area contributed by atoms with Crippen LogP contribution in [-0.4, -0.2) is 33.2 Å². The zero-order valence-electron chi connectivity index (χ0n) is 12.5. The Kier molecular flexibility index (Phi) is 7.32. The number of hydrogen-bond acceptors (Lipinski definition) is 4. The smallest absolute Gasteiger partial charge is 0.220 e. The molecule has 1 aromatic carbocycles.